The van der Waals surface area contributed by atoms with Gasteiger partial charge in [-0.05, 0) is 48.6 Å². The molecule has 2 aliphatic rings. The molecular weight excluding hydrogens is 1360 g/mol. The number of carbonyl (C=O) groups is 7. The molecule has 1 fully saturated rings. The van der Waals surface area contributed by atoms with Gasteiger partial charge >= 0.3 is 5.97 Å². The normalized spacial score (nSPS) is 15.5. The summed E-state index contributed by atoms with van der Waals surface area (Å²) < 4.78 is 135. The molecule has 0 aliphatic carbocycles. The highest BCUT2D eigenvalue weighted by Crippen LogP contribution is 2.27. The van der Waals surface area contributed by atoms with Gasteiger partial charge in [-0.15, -0.1) is 0 Å². The van der Waals surface area contributed by atoms with Gasteiger partial charge in [-0.25, -0.2) is 0 Å². The Morgan fingerprint density at radius 3 is 1.38 bits per heavy atom. The average molecular weight is 1470 g/mol. The third kappa shape index (κ3) is 43.3. The standard InChI is InChI=1S/C66H109N5O29S/c1-51(2)63(69-60(73)47-70-57(49-97-43-44-101(79,80)81)46-59(66(70)78)71-61(74)9-10-62(71)75)65(77)67-53(4)64(76)68-56-8-7-55(48-100-54(5)72)58(45-56)52(3)11-12-83-15-16-85-19-20-87-23-24-89-25-26-90-27-28-91-29-30-92-32-34-94-36-38-96-40-42-99-50-98-41-39-95-37-35-93-33-31-88-22-21-86-18-17-84-14-13-82-6/h7-11,45,51,53,57,59,63H,12-44,46-50H2,1-6H3,(H,67,77)(H,68,76)(H,69,73)(H,79,80,81)/b52-11+/t53-,57-,59-,63-/m0/s1. The van der Waals surface area contributed by atoms with E-state index in [1.54, 1.807) is 39.2 Å². The van der Waals surface area contributed by atoms with Crippen LogP contribution < -0.4 is 16.0 Å². The topological polar surface area (TPSA) is 392 Å². The van der Waals surface area contributed by atoms with E-state index in [1.807, 2.05) is 13.0 Å². The Morgan fingerprint density at radius 1 is 0.554 bits per heavy atom. The van der Waals surface area contributed by atoms with Gasteiger partial charge in [-0.1, -0.05) is 26.0 Å². The second-order valence-corrected chi connectivity index (χ2v) is 24.2. The molecule has 4 N–H and O–H groups in total. The Bertz CT molecular complexity index is 2640. The molecule has 0 unspecified atom stereocenters. The molecule has 578 valence electrons. The first-order chi connectivity index (χ1) is 48.8. The predicted octanol–water partition coefficient (Wildman–Crippen LogP) is 0.405. The summed E-state index contributed by atoms with van der Waals surface area (Å²) in [4.78, 5) is 92.9. The monoisotopic (exact) mass is 1470 g/mol. The molecule has 0 aromatic heterocycles. The minimum absolute atomic E-state index is 0.0456. The average Bonchev–Trinajstić information content (AvgIpc) is 1.65. The Hall–Kier alpha value is -5.62. The van der Waals surface area contributed by atoms with E-state index in [-0.39, 0.29) is 33.0 Å². The molecule has 2 heterocycles. The van der Waals surface area contributed by atoms with Crippen molar-refractivity contribution >= 4 is 62.8 Å². The molecule has 0 bridgehead atoms. The van der Waals surface area contributed by atoms with E-state index in [2.05, 4.69) is 16.0 Å². The van der Waals surface area contributed by atoms with Crippen molar-refractivity contribution in [2.75, 3.05) is 250 Å². The number of imide groups is 1. The van der Waals surface area contributed by atoms with Gasteiger partial charge in [-0.3, -0.25) is 43.0 Å². The summed E-state index contributed by atoms with van der Waals surface area (Å²) in [5, 5.41) is 8.02. The molecule has 0 saturated carbocycles. The highest BCUT2D eigenvalue weighted by molar-refractivity contribution is 7.85. The molecule has 4 atom stereocenters. The molecule has 101 heavy (non-hydrogen) atoms. The van der Waals surface area contributed by atoms with Crippen LogP contribution in [0.3, 0.4) is 0 Å². The molecule has 1 saturated heterocycles. The number of methoxy groups -OCH3 is 1. The zero-order valence-corrected chi connectivity index (χ0v) is 60.2. The Kier molecular flexibility index (Phi) is 50.4. The molecule has 1 aromatic carbocycles. The summed E-state index contributed by atoms with van der Waals surface area (Å²) in [6, 6.07) is 0.497. The number of nitrogens with one attached hydrogen (secondary N) is 3. The van der Waals surface area contributed by atoms with Crippen molar-refractivity contribution in [2.45, 2.75) is 71.8 Å². The lowest BCUT2D eigenvalue weighted by atomic mass is 10.00. The van der Waals surface area contributed by atoms with Crippen LogP contribution in [-0.4, -0.2) is 333 Å². The lowest BCUT2D eigenvalue weighted by Crippen LogP contribution is -2.56. The third-order valence-corrected chi connectivity index (χ3v) is 15.0. The molecular formula is C66H109N5O29S. The number of amides is 6. The number of rotatable bonds is 66. The zero-order valence-electron chi connectivity index (χ0n) is 59.4. The first kappa shape index (κ1) is 89.6. The number of allylic oxidation sites excluding steroid dienone is 1. The number of ether oxygens (including phenoxy) is 19. The SMILES string of the molecule is COCCOCCOCCOCCOCCOCCOCOCCOCCOCCOCCOCCOCCOCCOCCOCCOC/C=C(\C)c1cc(NC(=O)[C@H](C)NC(=O)[C@@H](NC(=O)CN2C(=O)[C@@H](N3C(=O)C=CC3=O)C[C@H]2COCCS(=O)(=O)O)C(C)C)ccc1COC(C)=O. The van der Waals surface area contributed by atoms with Crippen LogP contribution in [-0.2, 0) is 140 Å². The van der Waals surface area contributed by atoms with Gasteiger partial charge in [-0.2, -0.15) is 8.42 Å². The number of benzene rings is 1. The van der Waals surface area contributed by atoms with Crippen molar-refractivity contribution in [3.8, 4) is 0 Å². The molecule has 0 radical (unpaired) electrons. The van der Waals surface area contributed by atoms with E-state index in [9.17, 15) is 42.0 Å². The second-order valence-electron chi connectivity index (χ2n) is 22.6. The number of carbonyl (C=O) groups excluding carboxylic acids is 7. The predicted molar refractivity (Wildman–Crippen MR) is 361 cm³/mol. The van der Waals surface area contributed by atoms with Crippen LogP contribution in [0, 0.1) is 5.92 Å². The number of anilines is 1. The summed E-state index contributed by atoms with van der Waals surface area (Å²) in [7, 11) is -2.73. The van der Waals surface area contributed by atoms with E-state index in [0.29, 0.717) is 215 Å². The molecule has 34 nitrogen and oxygen atoms in total. The Labute approximate surface area is 592 Å². The summed E-state index contributed by atoms with van der Waals surface area (Å²) in [5.74, 6) is -6.06. The van der Waals surface area contributed by atoms with E-state index in [4.69, 9.17) is 94.6 Å². The van der Waals surface area contributed by atoms with E-state index < -0.39 is 101 Å². The molecule has 1 aromatic rings. The smallest absolute Gasteiger partial charge is 0.302 e. The summed E-state index contributed by atoms with van der Waals surface area (Å²) >= 11 is 0. The van der Waals surface area contributed by atoms with Gasteiger partial charge in [0.15, 0.2) is 0 Å². The fourth-order valence-electron chi connectivity index (χ4n) is 9.07. The van der Waals surface area contributed by atoms with Gasteiger partial charge in [0.25, 0.3) is 21.9 Å². The number of hydrogen-bond acceptors (Lipinski definition) is 28. The summed E-state index contributed by atoms with van der Waals surface area (Å²) in [6.45, 7) is 20.0. The zero-order chi connectivity index (χ0) is 73.6. The van der Waals surface area contributed by atoms with Crippen LogP contribution in [0.5, 0.6) is 0 Å². The van der Waals surface area contributed by atoms with Gasteiger partial charge < -0.3 is 111 Å². The largest absolute Gasteiger partial charge is 0.461 e. The highest BCUT2D eigenvalue weighted by Gasteiger charge is 2.47. The van der Waals surface area contributed by atoms with Crippen LogP contribution in [0.4, 0.5) is 5.69 Å². The fraction of sp³-hybridized carbons (Fsp3) is 0.742. The number of likely N-dealkylation sites (tertiary alicyclic amines) is 1. The Morgan fingerprint density at radius 2 is 0.970 bits per heavy atom. The van der Waals surface area contributed by atoms with Crippen molar-refractivity contribution in [1.29, 1.82) is 0 Å². The van der Waals surface area contributed by atoms with Crippen LogP contribution in [0.1, 0.15) is 52.2 Å². The Balaban J connectivity index is 1.15. The highest BCUT2D eigenvalue weighted by atomic mass is 32.2. The number of esters is 1. The van der Waals surface area contributed by atoms with E-state index >= 15 is 0 Å². The minimum atomic E-state index is -4.37. The quantitative estimate of drug-likeness (QED) is 0.0225. The maximum atomic E-state index is 13.7. The van der Waals surface area contributed by atoms with Gasteiger partial charge in [0.05, 0.1) is 236 Å². The lowest BCUT2D eigenvalue weighted by molar-refractivity contribution is -0.147. The lowest BCUT2D eigenvalue weighted by Gasteiger charge is -2.27. The summed E-state index contributed by atoms with van der Waals surface area (Å²) in [5.41, 5.74) is 2.41. The fourth-order valence-corrected chi connectivity index (χ4v) is 9.40. The third-order valence-electron chi connectivity index (χ3n) is 14.3. The maximum absolute atomic E-state index is 13.7. The van der Waals surface area contributed by atoms with E-state index in [0.717, 1.165) is 27.5 Å². The van der Waals surface area contributed by atoms with Crippen molar-refractivity contribution in [2.24, 2.45) is 5.92 Å². The molecule has 3 rings (SSSR count). The second kappa shape index (κ2) is 56.8. The van der Waals surface area contributed by atoms with Gasteiger partial charge in [0, 0.05) is 38.3 Å². The van der Waals surface area contributed by atoms with Crippen molar-refractivity contribution < 1.29 is 137 Å². The first-order valence-corrected chi connectivity index (χ1v) is 35.4. The molecule has 35 heteroatoms. The first-order valence-electron chi connectivity index (χ1n) is 33.8. The van der Waals surface area contributed by atoms with Crippen molar-refractivity contribution in [3.63, 3.8) is 0 Å². The van der Waals surface area contributed by atoms with E-state index in [1.165, 1.54) is 13.8 Å². The maximum Gasteiger partial charge on any atom is 0.302 e. The van der Waals surface area contributed by atoms with Crippen LogP contribution in [0.2, 0.25) is 0 Å². The van der Waals surface area contributed by atoms with Crippen LogP contribution in [0.25, 0.3) is 5.57 Å². The number of hydrogen-bond donors (Lipinski definition) is 4. The molecule has 0 spiro atoms. The van der Waals surface area contributed by atoms with Gasteiger partial charge in [0.2, 0.25) is 23.6 Å². The van der Waals surface area contributed by atoms with Gasteiger partial charge in [0.1, 0.15) is 31.5 Å². The van der Waals surface area contributed by atoms with Crippen molar-refractivity contribution in [3.05, 3.63) is 47.6 Å². The molecule has 6 amide bonds. The number of nitrogens with zero attached hydrogens (tertiary/aromatic N) is 2. The van der Waals surface area contributed by atoms with Crippen LogP contribution in [0.15, 0.2) is 36.4 Å². The molecule has 2 aliphatic heterocycles. The van der Waals surface area contributed by atoms with Crippen molar-refractivity contribution in [1.82, 2.24) is 20.4 Å². The minimum Gasteiger partial charge on any atom is -0.461 e. The summed E-state index contributed by atoms with van der Waals surface area (Å²) in [6.07, 6.45) is 3.71. The van der Waals surface area contributed by atoms with Crippen LogP contribution >= 0.6 is 0 Å².